The highest BCUT2D eigenvalue weighted by Gasteiger charge is 2.25. The van der Waals surface area contributed by atoms with Crippen LogP contribution in [0.15, 0.2) is 36.5 Å². The molecule has 0 aliphatic carbocycles. The molecule has 350 valence electrons. The van der Waals surface area contributed by atoms with Crippen LogP contribution in [-0.4, -0.2) is 75.5 Å². The van der Waals surface area contributed by atoms with Crippen LogP contribution >= 0.6 is 0 Å². The normalized spacial score (nSPS) is 13.2. The van der Waals surface area contributed by atoms with Crippen LogP contribution in [0.25, 0.3) is 0 Å². The molecule has 0 spiro atoms. The van der Waals surface area contributed by atoms with Crippen molar-refractivity contribution >= 4 is 17.9 Å². The van der Waals surface area contributed by atoms with Crippen LogP contribution < -0.4 is 5.11 Å². The Labute approximate surface area is 370 Å². The summed E-state index contributed by atoms with van der Waals surface area (Å²) in [5.74, 6) is -1.76. The number of unbranched alkanes of at least 4 members (excludes halogenated alkanes) is 25. The molecule has 0 N–H and O–H groups in total. The van der Waals surface area contributed by atoms with Gasteiger partial charge in [-0.2, -0.15) is 0 Å². The maximum absolute atomic E-state index is 12.7. The van der Waals surface area contributed by atoms with Crippen molar-refractivity contribution in [3.63, 3.8) is 0 Å². The fourth-order valence-electron chi connectivity index (χ4n) is 7.33. The molecule has 2 atom stereocenters. The molecule has 0 radical (unpaired) electrons. The summed E-state index contributed by atoms with van der Waals surface area (Å²) in [6, 6.07) is -0.729. The van der Waals surface area contributed by atoms with Gasteiger partial charge in [0.2, 0.25) is 0 Å². The van der Waals surface area contributed by atoms with E-state index in [2.05, 4.69) is 50.3 Å². The van der Waals surface area contributed by atoms with Crippen LogP contribution in [0.2, 0.25) is 0 Å². The maximum Gasteiger partial charge on any atom is 0.306 e. The number of ether oxygens (including phenoxy) is 3. The molecular formula is C52H95NO7. The first-order valence-corrected chi connectivity index (χ1v) is 25.0. The molecule has 0 bridgehead atoms. The summed E-state index contributed by atoms with van der Waals surface area (Å²) in [7, 11) is 5.41. The molecule has 0 aliphatic heterocycles. The smallest absolute Gasteiger partial charge is 0.306 e. The molecule has 60 heavy (non-hydrogen) atoms. The molecule has 0 rings (SSSR count). The third-order valence-electron chi connectivity index (χ3n) is 11.2. The van der Waals surface area contributed by atoms with E-state index in [1.54, 1.807) is 21.1 Å². The van der Waals surface area contributed by atoms with Gasteiger partial charge >= 0.3 is 11.9 Å². The van der Waals surface area contributed by atoms with Crippen molar-refractivity contribution < 1.29 is 38.2 Å². The summed E-state index contributed by atoms with van der Waals surface area (Å²) >= 11 is 0. The zero-order valence-corrected chi connectivity index (χ0v) is 39.9. The Morgan fingerprint density at radius 1 is 0.500 bits per heavy atom. The molecule has 0 aromatic carbocycles. The van der Waals surface area contributed by atoms with E-state index < -0.39 is 18.1 Å². The predicted octanol–water partition coefficient (Wildman–Crippen LogP) is 12.9. The molecule has 2 unspecified atom stereocenters. The average Bonchev–Trinajstić information content (AvgIpc) is 3.21. The Bertz CT molecular complexity index is 1080. The number of carboxylic acids is 1. The predicted molar refractivity (Wildman–Crippen MR) is 250 cm³/mol. The molecule has 0 saturated carbocycles. The van der Waals surface area contributed by atoms with Crippen LogP contribution in [-0.2, 0) is 28.6 Å². The SMILES string of the molecule is CCCCCCCCC/C=C/CCCCCC(=O)OC(COCCC(C(=O)[O-])[N+](C)(C)C)COC(=O)CCCCCCCCC/C=C/C/C=C/CCCCCCCCCC. The lowest BCUT2D eigenvalue weighted by molar-refractivity contribution is -0.889. The number of allylic oxidation sites excluding steroid dienone is 6. The van der Waals surface area contributed by atoms with Gasteiger partial charge in [0.1, 0.15) is 12.6 Å². The van der Waals surface area contributed by atoms with E-state index in [0.29, 0.717) is 12.8 Å². The Kier molecular flexibility index (Phi) is 41.4. The monoisotopic (exact) mass is 846 g/mol. The van der Waals surface area contributed by atoms with Crippen molar-refractivity contribution in [3.05, 3.63) is 36.5 Å². The highest BCUT2D eigenvalue weighted by molar-refractivity contribution is 5.70. The van der Waals surface area contributed by atoms with Crippen LogP contribution in [0.3, 0.4) is 0 Å². The zero-order valence-electron chi connectivity index (χ0n) is 39.9. The Balaban J connectivity index is 4.25. The Morgan fingerprint density at radius 3 is 1.32 bits per heavy atom. The lowest BCUT2D eigenvalue weighted by Crippen LogP contribution is -2.55. The second kappa shape index (κ2) is 43.2. The summed E-state index contributed by atoms with van der Waals surface area (Å²) in [6.07, 6.45) is 50.3. The van der Waals surface area contributed by atoms with Gasteiger partial charge in [-0.25, -0.2) is 0 Å². The quantitative estimate of drug-likeness (QED) is 0.0260. The number of quaternary nitrogens is 1. The molecule has 0 fully saturated rings. The largest absolute Gasteiger partial charge is 0.544 e. The number of carbonyl (C=O) groups is 3. The molecule has 0 aliphatic rings. The Morgan fingerprint density at radius 2 is 0.883 bits per heavy atom. The van der Waals surface area contributed by atoms with Crippen LogP contribution in [0.5, 0.6) is 0 Å². The van der Waals surface area contributed by atoms with Crippen molar-refractivity contribution in [1.29, 1.82) is 0 Å². The number of carboxylic acid groups (broad SMARTS) is 1. The van der Waals surface area contributed by atoms with Gasteiger partial charge in [0.05, 0.1) is 40.3 Å². The summed E-state index contributed by atoms with van der Waals surface area (Å²) < 4.78 is 17.2. The van der Waals surface area contributed by atoms with Crippen molar-refractivity contribution in [2.75, 3.05) is 41.0 Å². The maximum atomic E-state index is 12.7. The van der Waals surface area contributed by atoms with Gasteiger partial charge in [0.15, 0.2) is 6.10 Å². The second-order valence-corrected chi connectivity index (χ2v) is 18.0. The average molecular weight is 846 g/mol. The van der Waals surface area contributed by atoms with Crippen molar-refractivity contribution in [3.8, 4) is 0 Å². The van der Waals surface area contributed by atoms with Gasteiger partial charge < -0.3 is 28.6 Å². The minimum Gasteiger partial charge on any atom is -0.544 e. The molecule has 0 aromatic rings. The van der Waals surface area contributed by atoms with E-state index in [4.69, 9.17) is 14.2 Å². The minimum atomic E-state index is -1.13. The summed E-state index contributed by atoms with van der Waals surface area (Å²) in [4.78, 5) is 36.9. The number of carbonyl (C=O) groups excluding carboxylic acids is 3. The number of esters is 2. The standard InChI is InChI=1S/C52H95NO7/c1-6-8-10-12-14-16-18-20-22-23-24-25-26-27-28-29-31-32-34-36-38-40-42-50(54)59-47-48(46-58-45-44-49(52(56)57)53(3,4)5)60-51(55)43-41-39-37-35-33-30-21-19-17-15-13-11-9-7-2/h23-24,26-27,30,33,48-49H,6-22,25,28-29,31-32,34-47H2,1-5H3/b24-23+,27-26+,33-30+. The highest BCUT2D eigenvalue weighted by Crippen LogP contribution is 2.14. The molecule has 0 saturated heterocycles. The van der Waals surface area contributed by atoms with Crippen LogP contribution in [0, 0.1) is 0 Å². The number of hydrogen-bond acceptors (Lipinski definition) is 7. The number of likely N-dealkylation sites (N-methyl/N-ethyl adjacent to an activating group) is 1. The first-order valence-electron chi connectivity index (χ1n) is 25.0. The van der Waals surface area contributed by atoms with E-state index in [-0.39, 0.29) is 42.7 Å². The van der Waals surface area contributed by atoms with Gasteiger partial charge in [-0.1, -0.05) is 172 Å². The summed E-state index contributed by atoms with van der Waals surface area (Å²) in [5, 5.41) is 11.6. The molecular weight excluding hydrogens is 751 g/mol. The van der Waals surface area contributed by atoms with Crippen molar-refractivity contribution in [1.82, 2.24) is 0 Å². The first-order chi connectivity index (χ1) is 29.1. The van der Waals surface area contributed by atoms with E-state index in [0.717, 1.165) is 64.2 Å². The van der Waals surface area contributed by atoms with Gasteiger partial charge in [0, 0.05) is 19.3 Å². The van der Waals surface area contributed by atoms with Crippen LogP contribution in [0.4, 0.5) is 0 Å². The molecule has 0 heterocycles. The third kappa shape index (κ3) is 40.9. The molecule has 8 nitrogen and oxygen atoms in total. The Hall–Kier alpha value is -2.45. The van der Waals surface area contributed by atoms with Gasteiger partial charge in [0.25, 0.3) is 0 Å². The number of aliphatic carboxylic acids is 1. The zero-order chi connectivity index (χ0) is 44.2. The molecule has 0 aromatic heterocycles. The van der Waals surface area contributed by atoms with E-state index >= 15 is 0 Å². The number of rotatable bonds is 45. The topological polar surface area (TPSA) is 102 Å². The van der Waals surface area contributed by atoms with Crippen molar-refractivity contribution in [2.24, 2.45) is 0 Å². The van der Waals surface area contributed by atoms with Gasteiger partial charge in [-0.3, -0.25) is 9.59 Å². The highest BCUT2D eigenvalue weighted by atomic mass is 16.6. The van der Waals surface area contributed by atoms with Gasteiger partial charge in [-0.05, 0) is 70.6 Å². The number of hydrogen-bond donors (Lipinski definition) is 0. The fourth-order valence-corrected chi connectivity index (χ4v) is 7.33. The third-order valence-corrected chi connectivity index (χ3v) is 11.2. The second-order valence-electron chi connectivity index (χ2n) is 18.0. The first kappa shape index (κ1) is 57.5. The van der Waals surface area contributed by atoms with E-state index in [1.807, 2.05) is 0 Å². The summed E-state index contributed by atoms with van der Waals surface area (Å²) in [6.45, 7) is 4.65. The molecule has 8 heteroatoms. The van der Waals surface area contributed by atoms with E-state index in [9.17, 15) is 19.5 Å². The number of nitrogens with zero attached hydrogens (tertiary/aromatic N) is 1. The van der Waals surface area contributed by atoms with Crippen molar-refractivity contribution in [2.45, 2.75) is 238 Å². The summed E-state index contributed by atoms with van der Waals surface area (Å²) in [5.41, 5.74) is 0. The van der Waals surface area contributed by atoms with Gasteiger partial charge in [-0.15, -0.1) is 0 Å². The fraction of sp³-hybridized carbons (Fsp3) is 0.827. The lowest BCUT2D eigenvalue weighted by Gasteiger charge is -2.34. The lowest BCUT2D eigenvalue weighted by atomic mass is 10.1. The van der Waals surface area contributed by atoms with E-state index in [1.165, 1.54) is 128 Å². The minimum absolute atomic E-state index is 0.0334. The van der Waals surface area contributed by atoms with Crippen LogP contribution in [0.1, 0.15) is 226 Å². The molecule has 0 amide bonds.